The molecule has 4 rings (SSSR count). The minimum atomic E-state index is -0.367. The monoisotopic (exact) mass is 430 g/mol. The third-order valence-electron chi connectivity index (χ3n) is 5.15. The highest BCUT2D eigenvalue weighted by atomic mass is 35.5. The summed E-state index contributed by atoms with van der Waals surface area (Å²) in [6, 6.07) is 8.93. The van der Waals surface area contributed by atoms with Gasteiger partial charge >= 0.3 is 0 Å². The molecule has 9 heteroatoms. The number of piperidine rings is 1. The van der Waals surface area contributed by atoms with Gasteiger partial charge in [-0.25, -0.2) is 9.07 Å². The Morgan fingerprint density at radius 3 is 2.53 bits per heavy atom. The van der Waals surface area contributed by atoms with Crippen LogP contribution in [0.1, 0.15) is 39.4 Å². The number of carbonyl (C=O) groups excluding carboxylic acids is 2. The number of amides is 2. The summed E-state index contributed by atoms with van der Waals surface area (Å²) in [5, 5.41) is 7.48. The predicted molar refractivity (Wildman–Crippen MR) is 108 cm³/mol. The fourth-order valence-corrected chi connectivity index (χ4v) is 3.91. The molecule has 30 heavy (non-hydrogen) atoms. The van der Waals surface area contributed by atoms with E-state index in [1.165, 1.54) is 23.1 Å². The van der Waals surface area contributed by atoms with Crippen LogP contribution in [0.5, 0.6) is 0 Å². The second-order valence-corrected chi connectivity index (χ2v) is 7.51. The Balaban J connectivity index is 1.41. The smallest absolute Gasteiger partial charge is 0.289 e. The Morgan fingerprint density at radius 2 is 1.90 bits per heavy atom. The molecule has 1 aliphatic heterocycles. The molecule has 3 heterocycles. The summed E-state index contributed by atoms with van der Waals surface area (Å²) in [5.74, 6) is -0.521. The van der Waals surface area contributed by atoms with E-state index in [4.69, 9.17) is 16.0 Å². The number of benzene rings is 1. The molecule has 7 nitrogen and oxygen atoms in total. The van der Waals surface area contributed by atoms with E-state index in [0.29, 0.717) is 43.1 Å². The van der Waals surface area contributed by atoms with Gasteiger partial charge in [0.05, 0.1) is 23.2 Å². The topological polar surface area (TPSA) is 80.4 Å². The number of nitrogens with one attached hydrogen (secondary N) is 1. The van der Waals surface area contributed by atoms with Crippen molar-refractivity contribution in [2.45, 2.75) is 25.8 Å². The predicted octanol–water partition coefficient (Wildman–Crippen LogP) is 3.60. The van der Waals surface area contributed by atoms with Crippen molar-refractivity contribution in [1.29, 1.82) is 0 Å². The normalized spacial score (nSPS) is 14.7. The van der Waals surface area contributed by atoms with E-state index in [2.05, 4.69) is 10.4 Å². The molecule has 0 bridgehead atoms. The SMILES string of the molecule is Cc1nn(-c2ccc(F)cc2)c(Cl)c1C(=O)NC1CCN(C(=O)c2ccco2)CC1. The zero-order valence-electron chi connectivity index (χ0n) is 16.3. The van der Waals surface area contributed by atoms with E-state index in [1.807, 2.05) is 0 Å². The summed E-state index contributed by atoms with van der Waals surface area (Å²) in [6.07, 6.45) is 2.72. The first-order chi connectivity index (χ1) is 14.4. The minimum Gasteiger partial charge on any atom is -0.459 e. The van der Waals surface area contributed by atoms with Crippen LogP contribution in [0, 0.1) is 12.7 Å². The third kappa shape index (κ3) is 3.95. The summed E-state index contributed by atoms with van der Waals surface area (Å²) < 4.78 is 19.8. The lowest BCUT2D eigenvalue weighted by Crippen LogP contribution is -2.46. The Labute approximate surface area is 177 Å². The van der Waals surface area contributed by atoms with E-state index in [1.54, 1.807) is 36.1 Å². The van der Waals surface area contributed by atoms with E-state index in [-0.39, 0.29) is 34.4 Å². The molecule has 156 valence electrons. The van der Waals surface area contributed by atoms with Crippen LogP contribution >= 0.6 is 11.6 Å². The number of likely N-dealkylation sites (tertiary alicyclic amines) is 1. The second-order valence-electron chi connectivity index (χ2n) is 7.16. The summed E-state index contributed by atoms with van der Waals surface area (Å²) in [6.45, 7) is 2.74. The molecule has 0 aliphatic carbocycles. The molecule has 3 aromatic rings. The van der Waals surface area contributed by atoms with Gasteiger partial charge < -0.3 is 14.6 Å². The number of carbonyl (C=O) groups is 2. The third-order valence-corrected chi connectivity index (χ3v) is 5.50. The summed E-state index contributed by atoms with van der Waals surface area (Å²) in [7, 11) is 0. The van der Waals surface area contributed by atoms with Gasteiger partial charge in [-0.1, -0.05) is 11.6 Å². The van der Waals surface area contributed by atoms with Crippen molar-refractivity contribution in [3.8, 4) is 5.69 Å². The molecule has 0 radical (unpaired) electrons. The highest BCUT2D eigenvalue weighted by Crippen LogP contribution is 2.24. The van der Waals surface area contributed by atoms with E-state index in [0.717, 1.165) is 0 Å². The summed E-state index contributed by atoms with van der Waals surface area (Å²) in [4.78, 5) is 26.9. The molecule has 2 aromatic heterocycles. The van der Waals surface area contributed by atoms with Gasteiger partial charge in [0, 0.05) is 19.1 Å². The number of hydrogen-bond donors (Lipinski definition) is 1. The van der Waals surface area contributed by atoms with Gasteiger partial charge in [0.15, 0.2) is 5.76 Å². The number of furan rings is 1. The molecular weight excluding hydrogens is 411 g/mol. The molecular formula is C21H20ClFN4O3. The quantitative estimate of drug-likeness (QED) is 0.685. The van der Waals surface area contributed by atoms with Gasteiger partial charge in [-0.2, -0.15) is 5.10 Å². The van der Waals surface area contributed by atoms with Gasteiger partial charge in [0.25, 0.3) is 11.8 Å². The average Bonchev–Trinajstić information content (AvgIpc) is 3.37. The van der Waals surface area contributed by atoms with Crippen LogP contribution < -0.4 is 5.32 Å². The lowest BCUT2D eigenvalue weighted by Gasteiger charge is -2.31. The maximum Gasteiger partial charge on any atom is 0.289 e. The van der Waals surface area contributed by atoms with Gasteiger partial charge in [-0.05, 0) is 56.2 Å². The maximum atomic E-state index is 13.2. The Hall–Kier alpha value is -3.13. The van der Waals surface area contributed by atoms with Gasteiger partial charge in [-0.15, -0.1) is 0 Å². The Kier molecular flexibility index (Phi) is 5.59. The van der Waals surface area contributed by atoms with Crippen molar-refractivity contribution in [3.05, 3.63) is 70.6 Å². The highest BCUT2D eigenvalue weighted by molar-refractivity contribution is 6.33. The molecule has 0 saturated carbocycles. The summed E-state index contributed by atoms with van der Waals surface area (Å²) >= 11 is 6.42. The van der Waals surface area contributed by atoms with Gasteiger partial charge in [-0.3, -0.25) is 9.59 Å². The van der Waals surface area contributed by atoms with Crippen molar-refractivity contribution in [1.82, 2.24) is 20.0 Å². The van der Waals surface area contributed by atoms with Crippen molar-refractivity contribution >= 4 is 23.4 Å². The zero-order chi connectivity index (χ0) is 21.3. The number of aryl methyl sites for hydroxylation is 1. The molecule has 0 atom stereocenters. The van der Waals surface area contributed by atoms with Crippen LogP contribution in [-0.2, 0) is 0 Å². The minimum absolute atomic E-state index is 0.0808. The molecule has 1 aromatic carbocycles. The molecule has 0 unspecified atom stereocenters. The Morgan fingerprint density at radius 1 is 1.20 bits per heavy atom. The average molecular weight is 431 g/mol. The van der Waals surface area contributed by atoms with E-state index < -0.39 is 0 Å². The first-order valence-corrected chi connectivity index (χ1v) is 9.96. The molecule has 1 saturated heterocycles. The van der Waals surface area contributed by atoms with Gasteiger partial charge in [0.2, 0.25) is 0 Å². The van der Waals surface area contributed by atoms with Gasteiger partial charge in [0.1, 0.15) is 11.0 Å². The maximum absolute atomic E-state index is 13.2. The highest BCUT2D eigenvalue weighted by Gasteiger charge is 2.28. The van der Waals surface area contributed by atoms with Crippen molar-refractivity contribution < 1.29 is 18.4 Å². The fourth-order valence-electron chi connectivity index (χ4n) is 3.55. The van der Waals surface area contributed by atoms with Crippen molar-refractivity contribution in [2.24, 2.45) is 0 Å². The van der Waals surface area contributed by atoms with Crippen molar-refractivity contribution in [2.75, 3.05) is 13.1 Å². The van der Waals surface area contributed by atoms with Crippen LogP contribution in [0.25, 0.3) is 5.69 Å². The van der Waals surface area contributed by atoms with Crippen LogP contribution in [0.15, 0.2) is 47.1 Å². The first-order valence-electron chi connectivity index (χ1n) is 9.58. The molecule has 1 fully saturated rings. The van der Waals surface area contributed by atoms with Crippen LogP contribution in [0.2, 0.25) is 5.15 Å². The van der Waals surface area contributed by atoms with E-state index in [9.17, 15) is 14.0 Å². The second kappa shape index (κ2) is 8.31. The first kappa shape index (κ1) is 20.2. The largest absolute Gasteiger partial charge is 0.459 e. The molecule has 0 spiro atoms. The standard InChI is InChI=1S/C21H20ClFN4O3/c1-13-18(19(22)27(25-13)16-6-4-14(23)5-7-16)20(28)24-15-8-10-26(11-9-15)21(29)17-3-2-12-30-17/h2-7,12,15H,8-11H2,1H3,(H,24,28). The van der Waals surface area contributed by atoms with E-state index >= 15 is 0 Å². The zero-order valence-corrected chi connectivity index (χ0v) is 17.0. The van der Waals surface area contributed by atoms with Crippen LogP contribution in [0.3, 0.4) is 0 Å². The number of nitrogens with zero attached hydrogens (tertiary/aromatic N) is 3. The lowest BCUT2D eigenvalue weighted by molar-refractivity contribution is 0.0667. The summed E-state index contributed by atoms with van der Waals surface area (Å²) in [5.41, 5.74) is 1.33. The molecule has 1 aliphatic rings. The number of halogens is 2. The fraction of sp³-hybridized carbons (Fsp3) is 0.286. The van der Waals surface area contributed by atoms with Crippen molar-refractivity contribution in [3.63, 3.8) is 0 Å². The number of aromatic nitrogens is 2. The number of hydrogen-bond acceptors (Lipinski definition) is 4. The van der Waals surface area contributed by atoms with Crippen LogP contribution in [0.4, 0.5) is 4.39 Å². The lowest BCUT2D eigenvalue weighted by atomic mass is 10.0. The Bertz CT molecular complexity index is 1050. The number of rotatable bonds is 4. The molecule has 2 amide bonds. The molecule has 1 N–H and O–H groups in total. The van der Waals surface area contributed by atoms with Crippen LogP contribution in [-0.4, -0.2) is 45.6 Å².